The SMILES string of the molecule is CCOC[C@]1(C(N)=S)[C@@H](c2ccc(C)cc2)[C@@H]1S(=O)(=O)c1ccccc1. The lowest BCUT2D eigenvalue weighted by atomic mass is 9.99. The molecular weight excluding hydrogens is 366 g/mol. The van der Waals surface area contributed by atoms with Gasteiger partial charge in [0.1, 0.15) is 0 Å². The molecule has 0 aromatic heterocycles. The molecule has 0 unspecified atom stereocenters. The normalized spacial score (nSPS) is 25.0. The Kier molecular flexibility index (Phi) is 5.19. The molecule has 2 aromatic rings. The zero-order valence-corrected chi connectivity index (χ0v) is 16.5. The summed E-state index contributed by atoms with van der Waals surface area (Å²) in [5.41, 5.74) is 7.24. The van der Waals surface area contributed by atoms with E-state index in [-0.39, 0.29) is 22.4 Å². The Morgan fingerprint density at radius 3 is 2.31 bits per heavy atom. The molecule has 4 nitrogen and oxygen atoms in total. The lowest BCUT2D eigenvalue weighted by Crippen LogP contribution is -2.33. The first kappa shape index (κ1) is 19.0. The first-order valence-corrected chi connectivity index (χ1v) is 10.5. The molecule has 26 heavy (non-hydrogen) atoms. The lowest BCUT2D eigenvalue weighted by Gasteiger charge is -2.17. The molecular formula is C20H23NO3S2. The summed E-state index contributed by atoms with van der Waals surface area (Å²) >= 11 is 5.34. The van der Waals surface area contributed by atoms with Gasteiger partial charge in [0, 0.05) is 12.5 Å². The highest BCUT2D eigenvalue weighted by molar-refractivity contribution is 7.92. The second-order valence-corrected chi connectivity index (χ2v) is 9.22. The predicted octanol–water partition coefficient (Wildman–Crippen LogP) is 3.24. The third-order valence-corrected chi connectivity index (χ3v) is 7.77. The van der Waals surface area contributed by atoms with Gasteiger partial charge in [0.15, 0.2) is 9.84 Å². The Balaban J connectivity index is 2.10. The van der Waals surface area contributed by atoms with Crippen molar-refractivity contribution in [2.75, 3.05) is 13.2 Å². The number of hydrogen-bond donors (Lipinski definition) is 1. The number of aryl methyl sites for hydroxylation is 1. The topological polar surface area (TPSA) is 69.4 Å². The first-order valence-electron chi connectivity index (χ1n) is 8.59. The van der Waals surface area contributed by atoms with Crippen molar-refractivity contribution in [3.8, 4) is 0 Å². The molecule has 6 heteroatoms. The molecule has 0 bridgehead atoms. The molecule has 2 N–H and O–H groups in total. The summed E-state index contributed by atoms with van der Waals surface area (Å²) in [6, 6.07) is 16.3. The van der Waals surface area contributed by atoms with Gasteiger partial charge in [-0.2, -0.15) is 0 Å². The van der Waals surface area contributed by atoms with Crippen LogP contribution in [0.4, 0.5) is 0 Å². The first-order chi connectivity index (χ1) is 12.4. The second-order valence-electron chi connectivity index (χ2n) is 6.71. The van der Waals surface area contributed by atoms with Crippen molar-refractivity contribution in [2.24, 2.45) is 11.1 Å². The summed E-state index contributed by atoms with van der Waals surface area (Å²) in [4.78, 5) is 0.484. The average molecular weight is 390 g/mol. The van der Waals surface area contributed by atoms with Crippen LogP contribution in [0, 0.1) is 12.3 Å². The van der Waals surface area contributed by atoms with E-state index in [1.807, 2.05) is 38.1 Å². The van der Waals surface area contributed by atoms with Crippen LogP contribution in [0.2, 0.25) is 0 Å². The molecule has 1 aliphatic carbocycles. The van der Waals surface area contributed by atoms with Crippen LogP contribution in [0.5, 0.6) is 0 Å². The van der Waals surface area contributed by atoms with Gasteiger partial charge >= 0.3 is 0 Å². The monoisotopic (exact) mass is 389 g/mol. The van der Waals surface area contributed by atoms with Crippen LogP contribution in [-0.2, 0) is 14.6 Å². The number of benzene rings is 2. The summed E-state index contributed by atoms with van der Waals surface area (Å²) < 4.78 is 32.3. The highest BCUT2D eigenvalue weighted by Gasteiger charge is 2.73. The van der Waals surface area contributed by atoms with Crippen LogP contribution in [0.15, 0.2) is 59.5 Å². The zero-order valence-electron chi connectivity index (χ0n) is 14.9. The third kappa shape index (κ3) is 3.06. The predicted molar refractivity (Wildman–Crippen MR) is 107 cm³/mol. The van der Waals surface area contributed by atoms with Gasteiger partial charge < -0.3 is 10.5 Å². The Labute approximate surface area is 160 Å². The number of ether oxygens (including phenoxy) is 1. The smallest absolute Gasteiger partial charge is 0.182 e. The molecule has 1 saturated carbocycles. The Morgan fingerprint density at radius 1 is 1.15 bits per heavy atom. The molecule has 2 aromatic carbocycles. The standard InChI is InChI=1S/C20H23NO3S2/c1-3-24-13-20(19(21)25)17(15-11-9-14(2)10-12-15)18(20)26(22,23)16-7-5-4-6-8-16/h4-12,17-18H,3,13H2,1-2H3,(H2,21,25)/t17-,18-,20-/m0/s1. The molecule has 0 radical (unpaired) electrons. The van der Waals surface area contributed by atoms with Gasteiger partial charge in [-0.25, -0.2) is 8.42 Å². The van der Waals surface area contributed by atoms with Crippen molar-refractivity contribution < 1.29 is 13.2 Å². The van der Waals surface area contributed by atoms with Crippen LogP contribution in [0.1, 0.15) is 24.0 Å². The Hall–Kier alpha value is -1.76. The lowest BCUT2D eigenvalue weighted by molar-refractivity contribution is 0.121. The fourth-order valence-corrected chi connectivity index (χ4v) is 6.46. The minimum atomic E-state index is -3.60. The molecule has 0 heterocycles. The maximum Gasteiger partial charge on any atom is 0.182 e. The van der Waals surface area contributed by atoms with E-state index in [1.165, 1.54) is 0 Å². The number of thiocarbonyl (C=S) groups is 1. The largest absolute Gasteiger partial charge is 0.393 e. The summed E-state index contributed by atoms with van der Waals surface area (Å²) in [6.07, 6.45) is 0. The molecule has 0 spiro atoms. The van der Waals surface area contributed by atoms with Gasteiger partial charge in [-0.15, -0.1) is 0 Å². The van der Waals surface area contributed by atoms with Gasteiger partial charge in [-0.3, -0.25) is 0 Å². The maximum atomic E-state index is 13.4. The molecule has 1 fully saturated rings. The molecule has 0 aliphatic heterocycles. The Morgan fingerprint density at radius 2 is 1.77 bits per heavy atom. The van der Waals surface area contributed by atoms with E-state index in [4.69, 9.17) is 22.7 Å². The van der Waals surface area contributed by atoms with Crippen LogP contribution >= 0.6 is 12.2 Å². The van der Waals surface area contributed by atoms with E-state index in [2.05, 4.69) is 0 Å². The minimum Gasteiger partial charge on any atom is -0.393 e. The van der Waals surface area contributed by atoms with Crippen LogP contribution in [-0.4, -0.2) is 31.9 Å². The van der Waals surface area contributed by atoms with Gasteiger partial charge in [-0.1, -0.05) is 60.2 Å². The fraction of sp³-hybridized carbons (Fsp3) is 0.350. The van der Waals surface area contributed by atoms with Gasteiger partial charge in [0.05, 0.1) is 27.2 Å². The molecule has 0 amide bonds. The molecule has 1 aliphatic rings. The van der Waals surface area contributed by atoms with Crippen LogP contribution in [0.3, 0.4) is 0 Å². The van der Waals surface area contributed by atoms with Gasteiger partial charge in [0.25, 0.3) is 0 Å². The Bertz CT molecular complexity index is 894. The molecule has 3 atom stereocenters. The fourth-order valence-electron chi connectivity index (χ4n) is 3.67. The highest BCUT2D eigenvalue weighted by atomic mass is 32.2. The third-order valence-electron chi connectivity index (χ3n) is 5.10. The number of nitrogens with two attached hydrogens (primary N) is 1. The van der Waals surface area contributed by atoms with Crippen molar-refractivity contribution in [3.05, 3.63) is 65.7 Å². The second kappa shape index (κ2) is 7.10. The van der Waals surface area contributed by atoms with Gasteiger partial charge in [0.2, 0.25) is 0 Å². The molecule has 3 rings (SSSR count). The number of hydrogen-bond acceptors (Lipinski definition) is 4. The maximum absolute atomic E-state index is 13.4. The number of rotatable bonds is 7. The average Bonchev–Trinajstić information content (AvgIpc) is 3.33. The summed E-state index contributed by atoms with van der Waals surface area (Å²) in [5, 5.41) is -0.718. The molecule has 0 saturated heterocycles. The van der Waals surface area contributed by atoms with Gasteiger partial charge in [-0.05, 0) is 31.5 Å². The van der Waals surface area contributed by atoms with E-state index >= 15 is 0 Å². The van der Waals surface area contributed by atoms with E-state index in [1.54, 1.807) is 30.3 Å². The summed E-state index contributed by atoms with van der Waals surface area (Å²) in [6.45, 7) is 4.55. The van der Waals surface area contributed by atoms with Crippen molar-refractivity contribution >= 4 is 27.0 Å². The van der Waals surface area contributed by atoms with E-state index in [9.17, 15) is 8.42 Å². The van der Waals surface area contributed by atoms with Crippen molar-refractivity contribution in [1.82, 2.24) is 0 Å². The zero-order chi connectivity index (χ0) is 18.9. The van der Waals surface area contributed by atoms with Crippen LogP contribution in [0.25, 0.3) is 0 Å². The van der Waals surface area contributed by atoms with Crippen LogP contribution < -0.4 is 5.73 Å². The van der Waals surface area contributed by atoms with Crippen molar-refractivity contribution in [2.45, 2.75) is 29.9 Å². The van der Waals surface area contributed by atoms with E-state index in [0.717, 1.165) is 11.1 Å². The van der Waals surface area contributed by atoms with Crippen molar-refractivity contribution in [1.29, 1.82) is 0 Å². The van der Waals surface area contributed by atoms with E-state index < -0.39 is 20.5 Å². The highest BCUT2D eigenvalue weighted by Crippen LogP contribution is 2.64. The molecule has 138 valence electrons. The summed E-state index contributed by atoms with van der Waals surface area (Å²) in [5.74, 6) is -0.308. The van der Waals surface area contributed by atoms with Crippen molar-refractivity contribution in [3.63, 3.8) is 0 Å². The van der Waals surface area contributed by atoms with E-state index in [0.29, 0.717) is 6.61 Å². The number of sulfone groups is 1. The minimum absolute atomic E-state index is 0.195. The summed E-state index contributed by atoms with van der Waals surface area (Å²) in [7, 11) is -3.60. The quantitative estimate of drug-likeness (QED) is 0.736.